The zero-order valence-electron chi connectivity index (χ0n) is 17.9. The lowest BCUT2D eigenvalue weighted by atomic mass is 10.1. The van der Waals surface area contributed by atoms with E-state index in [2.05, 4.69) is 4.57 Å². The van der Waals surface area contributed by atoms with Gasteiger partial charge in [0, 0.05) is 24.1 Å². The molecule has 0 fully saturated rings. The summed E-state index contributed by atoms with van der Waals surface area (Å²) in [7, 11) is 3.14. The molecule has 0 saturated heterocycles. The Kier molecular flexibility index (Phi) is 7.84. The highest BCUT2D eigenvalue weighted by Crippen LogP contribution is 2.28. The van der Waals surface area contributed by atoms with Crippen molar-refractivity contribution in [2.24, 2.45) is 0 Å². The Morgan fingerprint density at radius 3 is 2.45 bits per heavy atom. The second-order valence-electron chi connectivity index (χ2n) is 6.76. The van der Waals surface area contributed by atoms with Crippen LogP contribution in [0.5, 0.6) is 11.5 Å². The quantitative estimate of drug-likeness (QED) is 0.444. The number of rotatable bonds is 10. The van der Waals surface area contributed by atoms with Crippen LogP contribution in [-0.2, 0) is 9.47 Å². The molecular formula is C22H29NO6. The molecule has 0 aliphatic rings. The summed E-state index contributed by atoms with van der Waals surface area (Å²) in [6.45, 7) is 8.39. The van der Waals surface area contributed by atoms with Gasteiger partial charge in [0.2, 0.25) is 5.78 Å². The molecule has 0 aliphatic heterocycles. The minimum absolute atomic E-state index is 0.0976. The van der Waals surface area contributed by atoms with Crippen molar-refractivity contribution in [1.29, 1.82) is 0 Å². The average molecular weight is 403 g/mol. The molecule has 0 amide bonds. The summed E-state index contributed by atoms with van der Waals surface area (Å²) in [6.07, 6.45) is 0. The first-order valence-corrected chi connectivity index (χ1v) is 9.52. The van der Waals surface area contributed by atoms with Crippen molar-refractivity contribution in [3.63, 3.8) is 0 Å². The predicted molar refractivity (Wildman–Crippen MR) is 109 cm³/mol. The number of carbonyl (C=O) groups is 2. The summed E-state index contributed by atoms with van der Waals surface area (Å²) >= 11 is 0. The van der Waals surface area contributed by atoms with Crippen molar-refractivity contribution in [2.45, 2.75) is 33.7 Å². The van der Waals surface area contributed by atoms with Crippen LogP contribution < -0.4 is 9.47 Å². The molecule has 0 bridgehead atoms. The van der Waals surface area contributed by atoms with E-state index >= 15 is 0 Å². The Morgan fingerprint density at radius 1 is 1.10 bits per heavy atom. The van der Waals surface area contributed by atoms with Crippen LogP contribution in [0.4, 0.5) is 0 Å². The van der Waals surface area contributed by atoms with E-state index in [4.69, 9.17) is 18.9 Å². The molecule has 29 heavy (non-hydrogen) atoms. The standard InChI is InChI=1S/C22H29NO6/c1-7-28-20-9-8-17(11-21(20)27-6)22(25)29-13-19(24)18-10-14(2)23(16(18)4)15(3)12-26-5/h8-11,15H,7,12-13H2,1-6H3/t15-/m0/s1. The molecule has 1 aromatic heterocycles. The van der Waals surface area contributed by atoms with Crippen LogP contribution in [0.15, 0.2) is 24.3 Å². The van der Waals surface area contributed by atoms with Crippen LogP contribution in [0, 0.1) is 13.8 Å². The van der Waals surface area contributed by atoms with Crippen LogP contribution >= 0.6 is 0 Å². The number of hydrogen-bond acceptors (Lipinski definition) is 6. The first-order chi connectivity index (χ1) is 13.8. The van der Waals surface area contributed by atoms with Crippen LogP contribution in [-0.4, -0.2) is 50.4 Å². The second kappa shape index (κ2) is 10.1. The van der Waals surface area contributed by atoms with Gasteiger partial charge in [-0.2, -0.15) is 0 Å². The first-order valence-electron chi connectivity index (χ1n) is 9.52. The molecule has 0 N–H and O–H groups in total. The van der Waals surface area contributed by atoms with Crippen LogP contribution in [0.1, 0.15) is 52.0 Å². The first kappa shape index (κ1) is 22.5. The number of methoxy groups -OCH3 is 2. The normalized spacial score (nSPS) is 11.8. The Labute approximate surface area is 171 Å². The fourth-order valence-electron chi connectivity index (χ4n) is 3.41. The number of carbonyl (C=O) groups excluding carboxylic acids is 2. The highest BCUT2D eigenvalue weighted by Gasteiger charge is 2.20. The maximum absolute atomic E-state index is 12.6. The van der Waals surface area contributed by atoms with Gasteiger partial charge in [-0.15, -0.1) is 0 Å². The second-order valence-corrected chi connectivity index (χ2v) is 6.76. The van der Waals surface area contributed by atoms with E-state index in [1.54, 1.807) is 19.2 Å². The highest BCUT2D eigenvalue weighted by molar-refractivity contribution is 6.00. The zero-order chi connectivity index (χ0) is 21.6. The predicted octanol–water partition coefficient (Wildman–Crippen LogP) is 3.76. The number of aryl methyl sites for hydroxylation is 1. The monoisotopic (exact) mass is 403 g/mol. The van der Waals surface area contributed by atoms with E-state index < -0.39 is 5.97 Å². The van der Waals surface area contributed by atoms with E-state index in [0.29, 0.717) is 30.3 Å². The number of benzene rings is 1. The van der Waals surface area contributed by atoms with E-state index in [-0.39, 0.29) is 24.0 Å². The number of hydrogen-bond donors (Lipinski definition) is 0. The van der Waals surface area contributed by atoms with Crippen molar-refractivity contribution in [1.82, 2.24) is 4.57 Å². The fraction of sp³-hybridized carbons (Fsp3) is 0.455. The van der Waals surface area contributed by atoms with Crippen molar-refractivity contribution in [3.8, 4) is 11.5 Å². The number of ketones is 1. The highest BCUT2D eigenvalue weighted by atomic mass is 16.5. The van der Waals surface area contributed by atoms with Gasteiger partial charge >= 0.3 is 5.97 Å². The summed E-state index contributed by atoms with van der Waals surface area (Å²) in [6, 6.07) is 6.68. The van der Waals surface area contributed by atoms with E-state index in [9.17, 15) is 9.59 Å². The molecule has 7 heteroatoms. The van der Waals surface area contributed by atoms with Gasteiger partial charge < -0.3 is 23.5 Å². The number of ether oxygens (including phenoxy) is 4. The summed E-state index contributed by atoms with van der Waals surface area (Å²) in [4.78, 5) is 25.0. The van der Waals surface area contributed by atoms with Crippen molar-refractivity contribution < 1.29 is 28.5 Å². The lowest BCUT2D eigenvalue weighted by Crippen LogP contribution is -2.17. The van der Waals surface area contributed by atoms with Gasteiger partial charge in [-0.05, 0) is 52.0 Å². The van der Waals surface area contributed by atoms with E-state index in [0.717, 1.165) is 11.4 Å². The SMILES string of the molecule is CCOc1ccc(C(=O)OCC(=O)c2cc(C)n([C@@H](C)COC)c2C)cc1OC. The molecule has 0 unspecified atom stereocenters. The summed E-state index contributed by atoms with van der Waals surface area (Å²) in [5, 5.41) is 0. The lowest BCUT2D eigenvalue weighted by Gasteiger charge is -2.17. The zero-order valence-corrected chi connectivity index (χ0v) is 17.9. The maximum Gasteiger partial charge on any atom is 0.338 e. The smallest absolute Gasteiger partial charge is 0.338 e. The molecule has 2 rings (SSSR count). The van der Waals surface area contributed by atoms with Crippen molar-refractivity contribution in [2.75, 3.05) is 34.0 Å². The van der Waals surface area contributed by atoms with Gasteiger partial charge in [0.05, 0.1) is 31.9 Å². The molecule has 0 spiro atoms. The third-order valence-corrected chi connectivity index (χ3v) is 4.67. The molecule has 2 aromatic rings. The molecule has 7 nitrogen and oxygen atoms in total. The van der Waals surface area contributed by atoms with Crippen LogP contribution in [0.25, 0.3) is 0 Å². The summed E-state index contributed by atoms with van der Waals surface area (Å²) in [5.74, 6) is 0.130. The third kappa shape index (κ3) is 5.17. The molecule has 0 radical (unpaired) electrons. The number of Topliss-reactive ketones (excluding diaryl/α,β-unsaturated/α-hetero) is 1. The van der Waals surface area contributed by atoms with E-state index in [1.165, 1.54) is 13.2 Å². The molecule has 1 heterocycles. The number of aromatic nitrogens is 1. The van der Waals surface area contributed by atoms with Crippen molar-refractivity contribution in [3.05, 3.63) is 46.8 Å². The average Bonchev–Trinajstić information content (AvgIpc) is 3.00. The molecule has 0 aliphatic carbocycles. The number of esters is 1. The van der Waals surface area contributed by atoms with Crippen molar-refractivity contribution >= 4 is 11.8 Å². The summed E-state index contributed by atoms with van der Waals surface area (Å²) in [5.41, 5.74) is 2.62. The van der Waals surface area contributed by atoms with Gasteiger partial charge in [0.15, 0.2) is 18.1 Å². The van der Waals surface area contributed by atoms with Gasteiger partial charge in [-0.3, -0.25) is 4.79 Å². The van der Waals surface area contributed by atoms with Gasteiger partial charge in [-0.1, -0.05) is 0 Å². The largest absolute Gasteiger partial charge is 0.493 e. The van der Waals surface area contributed by atoms with Crippen LogP contribution in [0.3, 0.4) is 0 Å². The molecule has 1 atom stereocenters. The Hall–Kier alpha value is -2.80. The fourth-order valence-corrected chi connectivity index (χ4v) is 3.41. The maximum atomic E-state index is 12.6. The molecule has 1 aromatic carbocycles. The molecule has 0 saturated carbocycles. The third-order valence-electron chi connectivity index (χ3n) is 4.67. The Balaban J connectivity index is 2.09. The minimum Gasteiger partial charge on any atom is -0.493 e. The topological polar surface area (TPSA) is 76.0 Å². The van der Waals surface area contributed by atoms with Gasteiger partial charge in [0.25, 0.3) is 0 Å². The lowest BCUT2D eigenvalue weighted by molar-refractivity contribution is 0.0474. The van der Waals surface area contributed by atoms with Crippen LogP contribution in [0.2, 0.25) is 0 Å². The minimum atomic E-state index is -0.596. The van der Waals surface area contributed by atoms with Gasteiger partial charge in [0.1, 0.15) is 0 Å². The summed E-state index contributed by atoms with van der Waals surface area (Å²) < 4.78 is 23.2. The molecule has 158 valence electrons. The molecular weight excluding hydrogens is 374 g/mol. The van der Waals surface area contributed by atoms with E-state index in [1.807, 2.05) is 33.8 Å². The number of nitrogens with zero attached hydrogens (tertiary/aromatic N) is 1. The Morgan fingerprint density at radius 2 is 1.83 bits per heavy atom. The van der Waals surface area contributed by atoms with Gasteiger partial charge in [-0.25, -0.2) is 4.79 Å². The Bertz CT molecular complexity index is 870.